The highest BCUT2D eigenvalue weighted by Crippen LogP contribution is 2.42. The number of ether oxygens (including phenoxy) is 1. The molecule has 0 saturated heterocycles. The third-order valence-corrected chi connectivity index (χ3v) is 9.44. The molecule has 0 aliphatic carbocycles. The molecule has 0 fully saturated rings. The zero-order valence-corrected chi connectivity index (χ0v) is 29.9. The molecule has 0 saturated carbocycles. The lowest BCUT2D eigenvalue weighted by molar-refractivity contribution is 0.0582. The van der Waals surface area contributed by atoms with Crippen molar-refractivity contribution in [3.8, 4) is 6.07 Å². The number of nitrogens with one attached hydrogen (secondary N) is 1. The summed E-state index contributed by atoms with van der Waals surface area (Å²) < 4.78 is 8.05. The van der Waals surface area contributed by atoms with Crippen LogP contribution in [0.4, 0.5) is 5.82 Å². The molecule has 2 N–H and O–H groups in total. The van der Waals surface area contributed by atoms with E-state index in [1.54, 1.807) is 0 Å². The van der Waals surface area contributed by atoms with Gasteiger partial charge in [-0.3, -0.25) is 0 Å². The molecule has 52 heavy (non-hydrogen) atoms. The SMILES string of the molecule is CCOCc1nc2c(NC(c3ccccc3)(c3ccccc3)c3ccccc3)nc3cc(Cc4ccc(CC#N)cc4)ccc3c2n1CC(C)(C)O. The summed E-state index contributed by atoms with van der Waals surface area (Å²) in [6, 6.07) is 48.3. The van der Waals surface area contributed by atoms with E-state index in [-0.39, 0.29) is 0 Å². The van der Waals surface area contributed by atoms with Gasteiger partial charge in [-0.15, -0.1) is 0 Å². The van der Waals surface area contributed by atoms with Crippen molar-refractivity contribution in [2.24, 2.45) is 0 Å². The molecule has 5 aromatic carbocycles. The average Bonchev–Trinajstić information content (AvgIpc) is 3.51. The third-order valence-electron chi connectivity index (χ3n) is 9.44. The van der Waals surface area contributed by atoms with Crippen LogP contribution in [0.2, 0.25) is 0 Å². The number of hydrogen-bond acceptors (Lipinski definition) is 6. The minimum absolute atomic E-state index is 0.295. The molecule has 7 heteroatoms. The van der Waals surface area contributed by atoms with Gasteiger partial charge >= 0.3 is 0 Å². The Morgan fingerprint density at radius 3 is 1.85 bits per heavy atom. The first-order valence-corrected chi connectivity index (χ1v) is 17.8. The van der Waals surface area contributed by atoms with Gasteiger partial charge in [0.05, 0.1) is 35.7 Å². The molecule has 0 bridgehead atoms. The van der Waals surface area contributed by atoms with E-state index in [4.69, 9.17) is 20.0 Å². The minimum Gasteiger partial charge on any atom is -0.389 e. The summed E-state index contributed by atoms with van der Waals surface area (Å²) in [5, 5.41) is 25.3. The normalized spacial score (nSPS) is 11.9. The lowest BCUT2D eigenvalue weighted by Gasteiger charge is -2.37. The topological polar surface area (TPSA) is 96.0 Å². The predicted molar refractivity (Wildman–Crippen MR) is 208 cm³/mol. The van der Waals surface area contributed by atoms with Gasteiger partial charge in [0.25, 0.3) is 0 Å². The van der Waals surface area contributed by atoms with Crippen molar-refractivity contribution in [2.75, 3.05) is 11.9 Å². The van der Waals surface area contributed by atoms with E-state index >= 15 is 0 Å². The second kappa shape index (κ2) is 14.8. The summed E-state index contributed by atoms with van der Waals surface area (Å²) in [6.45, 7) is 6.76. The summed E-state index contributed by atoms with van der Waals surface area (Å²) in [4.78, 5) is 10.7. The quantitative estimate of drug-likeness (QED) is 0.118. The average molecular weight is 686 g/mol. The fraction of sp³-hybridized carbons (Fsp3) is 0.222. The molecule has 0 radical (unpaired) electrons. The predicted octanol–water partition coefficient (Wildman–Crippen LogP) is 8.95. The van der Waals surface area contributed by atoms with Crippen molar-refractivity contribution in [3.05, 3.63) is 173 Å². The van der Waals surface area contributed by atoms with E-state index in [0.717, 1.165) is 55.6 Å². The highest BCUT2D eigenvalue weighted by molar-refractivity contribution is 6.07. The Morgan fingerprint density at radius 2 is 1.31 bits per heavy atom. The largest absolute Gasteiger partial charge is 0.389 e. The molecule has 0 atom stereocenters. The van der Waals surface area contributed by atoms with Crippen molar-refractivity contribution < 1.29 is 9.84 Å². The molecule has 0 unspecified atom stereocenters. The molecule has 7 aromatic rings. The first-order chi connectivity index (χ1) is 25.3. The Balaban J connectivity index is 1.49. The number of nitriles is 1. The van der Waals surface area contributed by atoms with Crippen LogP contribution < -0.4 is 5.32 Å². The summed E-state index contributed by atoms with van der Waals surface area (Å²) >= 11 is 0. The van der Waals surface area contributed by atoms with Gasteiger partial charge in [-0.1, -0.05) is 127 Å². The lowest BCUT2D eigenvalue weighted by atomic mass is 9.77. The summed E-state index contributed by atoms with van der Waals surface area (Å²) in [5.41, 5.74) is 7.01. The first-order valence-electron chi connectivity index (χ1n) is 17.8. The van der Waals surface area contributed by atoms with Crippen LogP contribution in [0.15, 0.2) is 133 Å². The van der Waals surface area contributed by atoms with Crippen molar-refractivity contribution in [3.63, 3.8) is 0 Å². The molecule has 0 spiro atoms. The Morgan fingerprint density at radius 1 is 0.750 bits per heavy atom. The molecule has 0 aliphatic rings. The Bertz CT molecular complexity index is 2230. The maximum atomic E-state index is 11.2. The molecule has 2 heterocycles. The van der Waals surface area contributed by atoms with E-state index in [2.05, 4.69) is 119 Å². The number of fused-ring (bicyclic) bond motifs is 3. The Labute approximate surface area is 305 Å². The van der Waals surface area contributed by atoms with Crippen LogP contribution in [0.3, 0.4) is 0 Å². The number of nitrogens with zero attached hydrogens (tertiary/aromatic N) is 4. The number of benzene rings is 5. The smallest absolute Gasteiger partial charge is 0.156 e. The van der Waals surface area contributed by atoms with Gasteiger partial charge in [0, 0.05) is 12.0 Å². The van der Waals surface area contributed by atoms with Crippen LogP contribution in [-0.4, -0.2) is 31.8 Å². The Kier molecular flexibility index (Phi) is 9.86. The van der Waals surface area contributed by atoms with E-state index in [1.807, 2.05) is 51.1 Å². The fourth-order valence-electron chi connectivity index (χ4n) is 7.10. The molecule has 0 aliphatic heterocycles. The number of imidazole rings is 1. The highest BCUT2D eigenvalue weighted by atomic mass is 16.5. The summed E-state index contributed by atoms with van der Waals surface area (Å²) in [7, 11) is 0. The Hall–Kier alpha value is -5.81. The number of rotatable bonds is 13. The molecule has 7 nitrogen and oxygen atoms in total. The van der Waals surface area contributed by atoms with Gasteiger partial charge in [-0.25, -0.2) is 9.97 Å². The number of aromatic nitrogens is 3. The van der Waals surface area contributed by atoms with Crippen LogP contribution in [0.25, 0.3) is 21.9 Å². The highest BCUT2D eigenvalue weighted by Gasteiger charge is 2.38. The van der Waals surface area contributed by atoms with E-state index in [1.165, 1.54) is 0 Å². The monoisotopic (exact) mass is 685 g/mol. The maximum Gasteiger partial charge on any atom is 0.156 e. The van der Waals surface area contributed by atoms with Crippen LogP contribution in [-0.2, 0) is 36.3 Å². The minimum atomic E-state index is -1.02. The van der Waals surface area contributed by atoms with Gasteiger partial charge in [0.2, 0.25) is 0 Å². The number of anilines is 1. The van der Waals surface area contributed by atoms with Crippen LogP contribution in [0, 0.1) is 11.3 Å². The third kappa shape index (κ3) is 7.04. The molecule has 2 aromatic heterocycles. The van der Waals surface area contributed by atoms with Crippen molar-refractivity contribution >= 4 is 27.8 Å². The molecular formula is C45H43N5O2. The van der Waals surface area contributed by atoms with Crippen molar-refractivity contribution in [2.45, 2.75) is 57.9 Å². The van der Waals surface area contributed by atoms with E-state index in [0.29, 0.717) is 43.9 Å². The number of pyridine rings is 1. The first kappa shape index (κ1) is 34.6. The number of hydrogen-bond donors (Lipinski definition) is 2. The molecule has 260 valence electrons. The van der Waals surface area contributed by atoms with Crippen LogP contribution in [0.1, 0.15) is 60.0 Å². The standard InChI is InChI=1S/C45H43N5O2/c1-4-52-30-40-48-41-42(50(40)31-44(2,3)51)38-25-24-34(28-33-22-20-32(21-23-33)26-27-46)29-39(38)47-43(41)49-45(35-14-8-5-9-15-35,36-16-10-6-11-17-36)37-18-12-7-13-19-37/h5-25,29,51H,4,26,28,30-31H2,1-3H3,(H,47,49). The van der Waals surface area contributed by atoms with E-state index in [9.17, 15) is 5.11 Å². The molecule has 7 rings (SSSR count). The van der Waals surface area contributed by atoms with Crippen molar-refractivity contribution in [1.29, 1.82) is 5.26 Å². The van der Waals surface area contributed by atoms with Gasteiger partial charge in [-0.05, 0) is 66.6 Å². The second-order valence-electron chi connectivity index (χ2n) is 13.9. The zero-order chi connectivity index (χ0) is 36.1. The fourth-order valence-corrected chi connectivity index (χ4v) is 7.10. The molecular weight excluding hydrogens is 643 g/mol. The zero-order valence-electron chi connectivity index (χ0n) is 29.9. The van der Waals surface area contributed by atoms with Gasteiger partial charge < -0.3 is 19.7 Å². The second-order valence-corrected chi connectivity index (χ2v) is 13.9. The van der Waals surface area contributed by atoms with Crippen LogP contribution in [0.5, 0.6) is 0 Å². The van der Waals surface area contributed by atoms with Gasteiger partial charge in [0.15, 0.2) is 5.82 Å². The van der Waals surface area contributed by atoms with Gasteiger partial charge in [0.1, 0.15) is 23.5 Å². The van der Waals surface area contributed by atoms with Gasteiger partial charge in [-0.2, -0.15) is 5.26 Å². The maximum absolute atomic E-state index is 11.2. The van der Waals surface area contributed by atoms with Crippen molar-refractivity contribution in [1.82, 2.24) is 14.5 Å². The number of aliphatic hydroxyl groups is 1. The summed E-state index contributed by atoms with van der Waals surface area (Å²) in [6.07, 6.45) is 1.11. The lowest BCUT2D eigenvalue weighted by Crippen LogP contribution is -2.38. The van der Waals surface area contributed by atoms with Crippen LogP contribution >= 0.6 is 0 Å². The summed E-state index contributed by atoms with van der Waals surface area (Å²) in [5.74, 6) is 1.35. The molecule has 0 amide bonds. The van der Waals surface area contributed by atoms with E-state index < -0.39 is 11.1 Å².